The predicted octanol–water partition coefficient (Wildman–Crippen LogP) is 3.89. The average molecular weight is 1050 g/mol. The molecule has 0 spiro atoms. The molecule has 0 unspecified atom stereocenters. The molecule has 0 atom stereocenters. The van der Waals surface area contributed by atoms with E-state index in [0.717, 1.165) is 57.1 Å². The van der Waals surface area contributed by atoms with Gasteiger partial charge in [0.15, 0.2) is 0 Å². The fourth-order valence-electron chi connectivity index (χ4n) is 6.36. The molecule has 4 aromatic carbocycles. The Morgan fingerprint density at radius 2 is 1.03 bits per heavy atom. The van der Waals surface area contributed by atoms with E-state index in [-0.39, 0.29) is 140 Å². The third-order valence-corrected chi connectivity index (χ3v) is 9.50. The Hall–Kier alpha value is -4.54. The molecule has 0 aliphatic carbocycles. The molecule has 13 nitrogen and oxygen atoms in total. The molecule has 4 heterocycles. The molecular weight excluding hydrogens is 1000 g/mol. The maximum Gasteiger partial charge on any atom is 1.00 e. The number of imidazole rings is 2. The minimum Gasteiger partial charge on any atom is -1.00 e. The van der Waals surface area contributed by atoms with Crippen LogP contribution in [-0.2, 0) is 22.0 Å². The van der Waals surface area contributed by atoms with Crippen molar-refractivity contribution in [3.8, 4) is 22.5 Å². The number of halogens is 8. The summed E-state index contributed by atoms with van der Waals surface area (Å²) in [5.41, 5.74) is 9.57. The Balaban J connectivity index is 0.000000609. The van der Waals surface area contributed by atoms with Crippen molar-refractivity contribution < 1.29 is 159 Å². The van der Waals surface area contributed by atoms with Gasteiger partial charge in [-0.15, -0.1) is 12.4 Å². The summed E-state index contributed by atoms with van der Waals surface area (Å²) in [5, 5.41) is 16.1. The van der Waals surface area contributed by atoms with Gasteiger partial charge in [-0.2, -0.15) is 26.3 Å². The van der Waals surface area contributed by atoms with Gasteiger partial charge >= 0.3 is 115 Å². The van der Waals surface area contributed by atoms with Crippen molar-refractivity contribution in [1.82, 2.24) is 18.8 Å². The molecule has 0 saturated carbocycles. The van der Waals surface area contributed by atoms with Gasteiger partial charge in [0.2, 0.25) is 0 Å². The van der Waals surface area contributed by atoms with Crippen molar-refractivity contribution >= 4 is 59.1 Å². The number of amides is 2. The van der Waals surface area contributed by atoms with Crippen LogP contribution < -0.4 is 130 Å². The third-order valence-electron chi connectivity index (χ3n) is 9.50. The predicted molar refractivity (Wildman–Crippen MR) is 245 cm³/mol. The number of pyridine rings is 2. The van der Waals surface area contributed by atoms with Crippen molar-refractivity contribution in [3.05, 3.63) is 173 Å². The van der Waals surface area contributed by atoms with E-state index in [0.29, 0.717) is 23.5 Å². The van der Waals surface area contributed by atoms with E-state index in [1.54, 1.807) is 48.5 Å². The van der Waals surface area contributed by atoms with E-state index in [4.69, 9.17) is 10.1 Å². The standard InChI is InChI=1S/C23H19F3N4O.C22H15F4N3O.CH5N.CH2O3.ClH.2K.H/c1-14-3-10-21-29-20(13-30(21)12-14)15-4-7-17(8-5-15)28-22(31)16-6-9-19(27-2)18(11-16)23(24,25)26;1-13-2-9-20-28-19(12-29(20)11-13)14-3-6-16(7-4-14)27-21(30)15-5-8-18(23)17(10-15)22(24,25)26;1-2;2-1-4-3;;;;/h3-13,27H,1-2H3,(H,28,31);2-12H,1H3,(H,27,30);2H2,1H3;1,3H;1H;;;/q;;;;;2*+1;-1/p-1. The summed E-state index contributed by atoms with van der Waals surface area (Å²) in [4.78, 5) is 45.1. The summed E-state index contributed by atoms with van der Waals surface area (Å²) in [6.45, 7) is 3.80. The van der Waals surface area contributed by atoms with E-state index < -0.39 is 41.1 Å². The van der Waals surface area contributed by atoms with E-state index in [2.05, 4.69) is 36.5 Å². The summed E-state index contributed by atoms with van der Waals surface area (Å²) in [6, 6.07) is 27.1. The van der Waals surface area contributed by atoms with Crippen LogP contribution in [0.5, 0.6) is 0 Å². The van der Waals surface area contributed by atoms with Crippen LogP contribution in [0.4, 0.5) is 47.8 Å². The Bertz CT molecular complexity index is 3020. The van der Waals surface area contributed by atoms with Crippen LogP contribution in [0.25, 0.3) is 33.8 Å². The molecule has 0 fully saturated rings. The smallest absolute Gasteiger partial charge is 1.00 e. The van der Waals surface area contributed by atoms with Gasteiger partial charge in [0.25, 0.3) is 18.3 Å². The maximum absolute atomic E-state index is 13.4. The van der Waals surface area contributed by atoms with Crippen molar-refractivity contribution in [3.63, 3.8) is 0 Å². The van der Waals surface area contributed by atoms with Crippen molar-refractivity contribution in [1.29, 1.82) is 0 Å². The molecule has 2 amide bonds. The van der Waals surface area contributed by atoms with E-state index in [9.17, 15) is 40.3 Å². The van der Waals surface area contributed by atoms with Gasteiger partial charge in [-0.3, -0.25) is 14.4 Å². The number of rotatable bonds is 8. The number of benzene rings is 4. The molecule has 0 aliphatic heterocycles. The Kier molecular flexibility index (Phi) is 24.5. The average Bonchev–Trinajstić information content (AvgIpc) is 3.94. The summed E-state index contributed by atoms with van der Waals surface area (Å²) in [5.74, 6) is -2.81. The number of carbonyl (C=O) groups excluding carboxylic acids is 3. The fraction of sp³-hybridized carbons (Fsp3) is 0.128. The SMILES string of the molecule is CN.CNc1ccc(C(=O)Nc2ccc(-c3cn4cc(C)ccc4n3)cc2)cc1C(F)(F)F.Cc1ccc2nc(-c3ccc(NC(=O)c4ccc(F)c(C(F)(F)F)c4)cc3)cn2c1.Cl.O=CO[O-].[H-].[K+].[K+]. The monoisotopic (exact) mass is 1040 g/mol. The Labute approximate surface area is 489 Å². The first-order chi connectivity index (χ1) is 31.9. The number of nitrogens with one attached hydrogen (secondary N) is 3. The van der Waals surface area contributed by atoms with Crippen molar-refractivity contribution in [2.75, 3.05) is 30.0 Å². The van der Waals surface area contributed by atoms with Crippen molar-refractivity contribution in [2.24, 2.45) is 5.73 Å². The van der Waals surface area contributed by atoms with Gasteiger partial charge < -0.3 is 42.1 Å². The minimum atomic E-state index is -4.88. The first kappa shape index (κ1) is 61.6. The number of nitrogens with two attached hydrogens (primary N) is 1. The quantitative estimate of drug-likeness (QED) is 0.0578. The third kappa shape index (κ3) is 16.5. The molecule has 0 bridgehead atoms. The molecule has 70 heavy (non-hydrogen) atoms. The number of hydrogen-bond donors (Lipinski definition) is 4. The molecule has 358 valence electrons. The van der Waals surface area contributed by atoms with Crippen LogP contribution in [0, 0.1) is 19.7 Å². The van der Waals surface area contributed by atoms with Crippen LogP contribution in [0.15, 0.2) is 134 Å². The summed E-state index contributed by atoms with van der Waals surface area (Å²) in [6.07, 6.45) is -1.71. The topological polar surface area (TPSA) is 180 Å². The fourth-order valence-corrected chi connectivity index (χ4v) is 6.36. The summed E-state index contributed by atoms with van der Waals surface area (Å²) >= 11 is 0. The van der Waals surface area contributed by atoms with Gasteiger partial charge in [0, 0.05) is 71.2 Å². The van der Waals surface area contributed by atoms with E-state index in [1.165, 1.54) is 26.2 Å². The molecule has 0 radical (unpaired) electrons. The molecule has 23 heteroatoms. The Morgan fingerprint density at radius 3 is 1.40 bits per heavy atom. The second-order valence-electron chi connectivity index (χ2n) is 14.2. The largest absolute Gasteiger partial charge is 1.00 e. The molecule has 0 saturated heterocycles. The van der Waals surface area contributed by atoms with Crippen LogP contribution in [0.3, 0.4) is 0 Å². The molecule has 0 aliphatic rings. The summed E-state index contributed by atoms with van der Waals surface area (Å²) in [7, 11) is 2.90. The van der Waals surface area contributed by atoms with Crippen LogP contribution in [0.2, 0.25) is 0 Å². The Morgan fingerprint density at radius 1 is 0.643 bits per heavy atom. The van der Waals surface area contributed by atoms with Crippen LogP contribution in [-0.4, -0.2) is 51.2 Å². The molecule has 4 aromatic heterocycles. The number of aryl methyl sites for hydroxylation is 2. The van der Waals surface area contributed by atoms with Crippen LogP contribution >= 0.6 is 12.4 Å². The number of anilines is 3. The first-order valence-corrected chi connectivity index (χ1v) is 19.7. The minimum absolute atomic E-state index is 0. The number of alkyl halides is 6. The van der Waals surface area contributed by atoms with Gasteiger partial charge in [-0.05, 0) is 105 Å². The zero-order valence-electron chi connectivity index (χ0n) is 39.2. The zero-order chi connectivity index (χ0) is 49.1. The number of aromatic nitrogens is 4. The van der Waals surface area contributed by atoms with Gasteiger partial charge in [-0.1, -0.05) is 36.4 Å². The number of hydrogen-bond acceptors (Lipinski definition) is 9. The van der Waals surface area contributed by atoms with E-state index in [1.807, 2.05) is 71.7 Å². The second-order valence-corrected chi connectivity index (χ2v) is 14.2. The molecule has 5 N–H and O–H groups in total. The van der Waals surface area contributed by atoms with Gasteiger partial charge in [-0.25, -0.2) is 14.4 Å². The van der Waals surface area contributed by atoms with E-state index >= 15 is 0 Å². The van der Waals surface area contributed by atoms with Gasteiger partial charge in [0.1, 0.15) is 17.1 Å². The maximum atomic E-state index is 13.4. The molecular formula is C47H42ClF7K2N8O5. The zero-order valence-corrected chi connectivity index (χ0v) is 45.3. The number of carbonyl (C=O) groups is 3. The first-order valence-electron chi connectivity index (χ1n) is 19.7. The molecule has 8 aromatic rings. The van der Waals surface area contributed by atoms with Gasteiger partial charge in [0.05, 0.1) is 22.5 Å². The molecule has 8 rings (SSSR count). The number of fused-ring (bicyclic) bond motifs is 2. The summed E-state index contributed by atoms with van der Waals surface area (Å²) < 4.78 is 95.5. The van der Waals surface area contributed by atoms with Crippen LogP contribution in [0.1, 0.15) is 44.4 Å². The normalized spacial score (nSPS) is 10.5. The number of nitrogens with zero attached hydrogens (tertiary/aromatic N) is 4. The van der Waals surface area contributed by atoms with Crippen molar-refractivity contribution in [2.45, 2.75) is 26.2 Å². The second kappa shape index (κ2) is 27.9.